The normalized spacial score (nSPS) is 19.0. The van der Waals surface area contributed by atoms with Crippen molar-refractivity contribution in [2.24, 2.45) is 0 Å². The SMILES string of the molecule is CCC1CCCN1c1nc(NC)ncc1[N+](=O)[O-]. The predicted molar refractivity (Wildman–Crippen MR) is 68.9 cm³/mol. The van der Waals surface area contributed by atoms with Crippen molar-refractivity contribution in [3.05, 3.63) is 16.3 Å². The van der Waals surface area contributed by atoms with Crippen LogP contribution in [0, 0.1) is 10.1 Å². The van der Waals surface area contributed by atoms with E-state index in [4.69, 9.17) is 0 Å². The van der Waals surface area contributed by atoms with E-state index in [0.29, 0.717) is 17.8 Å². The fraction of sp³-hybridized carbons (Fsp3) is 0.636. The first-order valence-electron chi connectivity index (χ1n) is 6.13. The van der Waals surface area contributed by atoms with E-state index in [1.165, 1.54) is 6.20 Å². The lowest BCUT2D eigenvalue weighted by atomic mass is 10.2. The average Bonchev–Trinajstić information content (AvgIpc) is 2.85. The molecule has 0 saturated carbocycles. The first-order valence-corrected chi connectivity index (χ1v) is 6.13. The molecule has 1 aliphatic heterocycles. The maximum absolute atomic E-state index is 11.1. The number of nitro groups is 1. The molecule has 0 bridgehead atoms. The third-order valence-electron chi connectivity index (χ3n) is 3.29. The largest absolute Gasteiger partial charge is 0.357 e. The Bertz CT molecular complexity index is 451. The van der Waals surface area contributed by atoms with Gasteiger partial charge in [0.25, 0.3) is 0 Å². The zero-order valence-corrected chi connectivity index (χ0v) is 10.6. The first-order chi connectivity index (χ1) is 8.67. The van der Waals surface area contributed by atoms with E-state index in [1.807, 2.05) is 4.90 Å². The Kier molecular flexibility index (Phi) is 3.59. The van der Waals surface area contributed by atoms with Gasteiger partial charge in [0, 0.05) is 19.6 Å². The van der Waals surface area contributed by atoms with Gasteiger partial charge in [-0.15, -0.1) is 0 Å². The summed E-state index contributed by atoms with van der Waals surface area (Å²) < 4.78 is 0. The molecule has 0 radical (unpaired) electrons. The van der Waals surface area contributed by atoms with Crippen LogP contribution in [0.1, 0.15) is 26.2 Å². The lowest BCUT2D eigenvalue weighted by molar-refractivity contribution is -0.384. The van der Waals surface area contributed by atoms with Crippen molar-refractivity contribution in [1.29, 1.82) is 0 Å². The number of hydrogen-bond acceptors (Lipinski definition) is 6. The predicted octanol–water partition coefficient (Wildman–Crippen LogP) is 1.81. The average molecular weight is 251 g/mol. The quantitative estimate of drug-likeness (QED) is 0.649. The molecule has 2 heterocycles. The molecular weight excluding hydrogens is 234 g/mol. The van der Waals surface area contributed by atoms with Crippen LogP contribution in [-0.2, 0) is 0 Å². The molecule has 98 valence electrons. The van der Waals surface area contributed by atoms with Crippen molar-refractivity contribution < 1.29 is 4.92 Å². The standard InChI is InChI=1S/C11H17N5O2/c1-3-8-5-4-6-15(8)10-9(16(17)18)7-13-11(12-2)14-10/h7-8H,3-6H2,1-2H3,(H,12,13,14). The van der Waals surface area contributed by atoms with E-state index in [1.54, 1.807) is 7.05 Å². The van der Waals surface area contributed by atoms with Crippen LogP contribution in [-0.4, -0.2) is 34.5 Å². The summed E-state index contributed by atoms with van der Waals surface area (Å²) >= 11 is 0. The summed E-state index contributed by atoms with van der Waals surface area (Å²) in [4.78, 5) is 20.8. The van der Waals surface area contributed by atoms with Crippen molar-refractivity contribution in [3.63, 3.8) is 0 Å². The molecule has 1 atom stereocenters. The highest BCUT2D eigenvalue weighted by Crippen LogP contribution is 2.32. The van der Waals surface area contributed by atoms with E-state index in [2.05, 4.69) is 22.2 Å². The van der Waals surface area contributed by atoms with E-state index in [-0.39, 0.29) is 5.69 Å². The summed E-state index contributed by atoms with van der Waals surface area (Å²) in [7, 11) is 1.70. The van der Waals surface area contributed by atoms with E-state index in [0.717, 1.165) is 25.8 Å². The molecule has 1 aromatic heterocycles. The summed E-state index contributed by atoms with van der Waals surface area (Å²) in [5.41, 5.74) is -0.0191. The van der Waals surface area contributed by atoms with Crippen LogP contribution in [0.15, 0.2) is 6.20 Å². The minimum absolute atomic E-state index is 0.0191. The summed E-state index contributed by atoms with van der Waals surface area (Å²) in [6.45, 7) is 2.91. The van der Waals surface area contributed by atoms with Crippen LogP contribution < -0.4 is 10.2 Å². The summed E-state index contributed by atoms with van der Waals surface area (Å²) in [6.07, 6.45) is 4.36. The molecule has 1 N–H and O–H groups in total. The molecule has 1 aromatic rings. The number of aromatic nitrogens is 2. The smallest absolute Gasteiger partial charge is 0.329 e. The topological polar surface area (TPSA) is 84.2 Å². The Morgan fingerprint density at radius 3 is 3.06 bits per heavy atom. The van der Waals surface area contributed by atoms with Gasteiger partial charge in [0.2, 0.25) is 11.8 Å². The fourth-order valence-electron chi connectivity index (χ4n) is 2.37. The molecule has 1 fully saturated rings. The first kappa shape index (κ1) is 12.5. The Morgan fingerprint density at radius 2 is 2.44 bits per heavy atom. The molecule has 0 aliphatic carbocycles. The van der Waals surface area contributed by atoms with E-state index in [9.17, 15) is 10.1 Å². The maximum atomic E-state index is 11.1. The van der Waals surface area contributed by atoms with Crippen molar-refractivity contribution in [3.8, 4) is 0 Å². The number of nitrogens with zero attached hydrogens (tertiary/aromatic N) is 4. The zero-order chi connectivity index (χ0) is 13.1. The van der Waals surface area contributed by atoms with Gasteiger partial charge in [-0.3, -0.25) is 10.1 Å². The second-order valence-electron chi connectivity index (χ2n) is 4.31. The number of anilines is 2. The van der Waals surface area contributed by atoms with Gasteiger partial charge in [-0.1, -0.05) is 6.92 Å². The van der Waals surface area contributed by atoms with Crippen LogP contribution in [0.4, 0.5) is 17.5 Å². The van der Waals surface area contributed by atoms with Crippen LogP contribution >= 0.6 is 0 Å². The summed E-state index contributed by atoms with van der Waals surface area (Å²) in [5, 5.41) is 13.9. The highest BCUT2D eigenvalue weighted by Gasteiger charge is 2.30. The van der Waals surface area contributed by atoms with Gasteiger partial charge in [0.15, 0.2) is 0 Å². The highest BCUT2D eigenvalue weighted by atomic mass is 16.6. The lowest BCUT2D eigenvalue weighted by Gasteiger charge is -2.24. The Labute approximate surface area is 105 Å². The third-order valence-corrected chi connectivity index (χ3v) is 3.29. The van der Waals surface area contributed by atoms with Gasteiger partial charge in [0.05, 0.1) is 4.92 Å². The molecule has 1 aliphatic rings. The maximum Gasteiger partial charge on any atom is 0.329 e. The van der Waals surface area contributed by atoms with Gasteiger partial charge < -0.3 is 10.2 Å². The molecule has 1 unspecified atom stereocenters. The Hall–Kier alpha value is -1.92. The molecule has 2 rings (SSSR count). The van der Waals surface area contributed by atoms with Gasteiger partial charge in [0.1, 0.15) is 6.20 Å². The Morgan fingerprint density at radius 1 is 1.67 bits per heavy atom. The number of nitrogens with one attached hydrogen (secondary N) is 1. The summed E-state index contributed by atoms with van der Waals surface area (Å²) in [5.74, 6) is 0.848. The van der Waals surface area contributed by atoms with Crippen LogP contribution in [0.2, 0.25) is 0 Å². The molecule has 7 nitrogen and oxygen atoms in total. The van der Waals surface area contributed by atoms with E-state index < -0.39 is 4.92 Å². The molecule has 1 saturated heterocycles. The second kappa shape index (κ2) is 5.16. The molecular formula is C11H17N5O2. The van der Waals surface area contributed by atoms with Gasteiger partial charge in [-0.2, -0.15) is 4.98 Å². The second-order valence-corrected chi connectivity index (χ2v) is 4.31. The van der Waals surface area contributed by atoms with E-state index >= 15 is 0 Å². The zero-order valence-electron chi connectivity index (χ0n) is 10.6. The summed E-state index contributed by atoms with van der Waals surface area (Å²) in [6, 6.07) is 0.336. The molecule has 7 heteroatoms. The van der Waals surface area contributed by atoms with Crippen LogP contribution in [0.5, 0.6) is 0 Å². The third kappa shape index (κ3) is 2.20. The van der Waals surface area contributed by atoms with Crippen LogP contribution in [0.3, 0.4) is 0 Å². The number of hydrogen-bond donors (Lipinski definition) is 1. The minimum atomic E-state index is -0.417. The lowest BCUT2D eigenvalue weighted by Crippen LogP contribution is -2.30. The van der Waals surface area contributed by atoms with Crippen molar-refractivity contribution >= 4 is 17.5 Å². The molecule has 18 heavy (non-hydrogen) atoms. The van der Waals surface area contributed by atoms with Crippen molar-refractivity contribution in [2.45, 2.75) is 32.2 Å². The van der Waals surface area contributed by atoms with Crippen LogP contribution in [0.25, 0.3) is 0 Å². The monoisotopic (exact) mass is 251 g/mol. The molecule has 0 spiro atoms. The molecule has 0 aromatic carbocycles. The van der Waals surface area contributed by atoms with Gasteiger partial charge in [-0.05, 0) is 19.3 Å². The highest BCUT2D eigenvalue weighted by molar-refractivity contribution is 5.60. The number of rotatable bonds is 4. The van der Waals surface area contributed by atoms with Crippen molar-refractivity contribution in [2.75, 3.05) is 23.8 Å². The fourth-order valence-corrected chi connectivity index (χ4v) is 2.37. The van der Waals surface area contributed by atoms with Gasteiger partial charge >= 0.3 is 5.69 Å². The Balaban J connectivity index is 2.42. The van der Waals surface area contributed by atoms with Crippen molar-refractivity contribution in [1.82, 2.24) is 9.97 Å². The molecule has 0 amide bonds. The minimum Gasteiger partial charge on any atom is -0.357 e. The van der Waals surface area contributed by atoms with Gasteiger partial charge in [-0.25, -0.2) is 4.98 Å².